The number of carbonyl (C=O) groups is 1. The molecule has 0 spiro atoms. The lowest BCUT2D eigenvalue weighted by Crippen LogP contribution is -2.47. The summed E-state index contributed by atoms with van der Waals surface area (Å²) in [5.74, 6) is 1.53. The fourth-order valence-corrected chi connectivity index (χ4v) is 3.57. The minimum Gasteiger partial charge on any atom is -0.356 e. The number of hydrogen-bond acceptors (Lipinski definition) is 4. The molecule has 1 aliphatic heterocycles. The Kier molecular flexibility index (Phi) is 4.94. The van der Waals surface area contributed by atoms with Crippen LogP contribution >= 0.6 is 0 Å². The first-order chi connectivity index (χ1) is 11.1. The van der Waals surface area contributed by atoms with E-state index in [4.69, 9.17) is 0 Å². The zero-order valence-electron chi connectivity index (χ0n) is 14.1. The molecule has 1 aromatic rings. The summed E-state index contributed by atoms with van der Waals surface area (Å²) in [6, 6.07) is 2.46. The Morgan fingerprint density at radius 1 is 1.22 bits per heavy atom. The summed E-state index contributed by atoms with van der Waals surface area (Å²) >= 11 is 0. The molecule has 1 unspecified atom stereocenters. The summed E-state index contributed by atoms with van der Waals surface area (Å²) in [6.45, 7) is 3.70. The van der Waals surface area contributed by atoms with E-state index < -0.39 is 0 Å². The molecule has 0 saturated carbocycles. The van der Waals surface area contributed by atoms with Gasteiger partial charge in [-0.1, -0.05) is 12.2 Å². The minimum atomic E-state index is 0.207. The van der Waals surface area contributed by atoms with E-state index in [1.54, 1.807) is 6.33 Å². The number of carbonyl (C=O) groups excluding carboxylic acids is 1. The molecular formula is C18H26N4O. The molecule has 3 rings (SSSR count). The van der Waals surface area contributed by atoms with Gasteiger partial charge in [-0.05, 0) is 39.0 Å². The second-order valence-electron chi connectivity index (χ2n) is 6.67. The van der Waals surface area contributed by atoms with Crippen LogP contribution in [0.1, 0.15) is 37.8 Å². The van der Waals surface area contributed by atoms with Crippen molar-refractivity contribution in [3.8, 4) is 0 Å². The number of allylic oxidation sites excluding steroid dienone is 2. The van der Waals surface area contributed by atoms with E-state index in [-0.39, 0.29) is 5.92 Å². The van der Waals surface area contributed by atoms with Crippen LogP contribution in [0, 0.1) is 12.8 Å². The minimum absolute atomic E-state index is 0.207. The number of aryl methyl sites for hydroxylation is 1. The van der Waals surface area contributed by atoms with E-state index in [1.165, 1.54) is 0 Å². The Hall–Kier alpha value is -1.91. The first-order valence-electron chi connectivity index (χ1n) is 8.60. The molecule has 1 aromatic heterocycles. The summed E-state index contributed by atoms with van der Waals surface area (Å²) in [6.07, 6.45) is 11.0. The predicted octanol–water partition coefficient (Wildman–Crippen LogP) is 2.57. The quantitative estimate of drug-likeness (QED) is 0.805. The van der Waals surface area contributed by atoms with Crippen molar-refractivity contribution in [2.24, 2.45) is 5.92 Å². The highest BCUT2D eigenvalue weighted by atomic mass is 16.2. The van der Waals surface area contributed by atoms with E-state index in [0.717, 1.165) is 56.7 Å². The molecule has 0 bridgehead atoms. The fraction of sp³-hybridized carbons (Fsp3) is 0.611. The standard InChI is InChI=1S/C18H26N4O/c1-14-12-17(20-13-19-14)21(2)16-8-10-22(11-9-16)18(23)15-6-4-3-5-7-15/h3-4,12-13,15-16H,5-11H2,1-2H3. The molecule has 5 heteroatoms. The van der Waals surface area contributed by atoms with Gasteiger partial charge in [0.25, 0.3) is 0 Å². The topological polar surface area (TPSA) is 49.3 Å². The van der Waals surface area contributed by atoms with Gasteiger partial charge < -0.3 is 9.80 Å². The van der Waals surface area contributed by atoms with Gasteiger partial charge >= 0.3 is 0 Å². The molecule has 1 saturated heterocycles. The van der Waals surface area contributed by atoms with Gasteiger partial charge in [0.05, 0.1) is 0 Å². The second-order valence-corrected chi connectivity index (χ2v) is 6.67. The molecule has 0 N–H and O–H groups in total. The van der Waals surface area contributed by atoms with E-state index in [1.807, 2.05) is 13.0 Å². The highest BCUT2D eigenvalue weighted by molar-refractivity contribution is 5.79. The highest BCUT2D eigenvalue weighted by Crippen LogP contribution is 2.25. The highest BCUT2D eigenvalue weighted by Gasteiger charge is 2.29. The van der Waals surface area contributed by atoms with E-state index in [2.05, 4.69) is 39.0 Å². The van der Waals surface area contributed by atoms with Crippen molar-refractivity contribution in [1.82, 2.24) is 14.9 Å². The molecular weight excluding hydrogens is 288 g/mol. The Morgan fingerprint density at radius 3 is 2.65 bits per heavy atom. The molecule has 0 radical (unpaired) electrons. The summed E-state index contributed by atoms with van der Waals surface area (Å²) in [5, 5.41) is 0. The lowest BCUT2D eigenvalue weighted by Gasteiger charge is -2.38. The molecule has 1 amide bonds. The van der Waals surface area contributed by atoms with E-state index >= 15 is 0 Å². The van der Waals surface area contributed by atoms with Crippen LogP contribution in [0.25, 0.3) is 0 Å². The first-order valence-corrected chi connectivity index (χ1v) is 8.60. The van der Waals surface area contributed by atoms with Crippen molar-refractivity contribution in [1.29, 1.82) is 0 Å². The maximum atomic E-state index is 12.6. The molecule has 5 nitrogen and oxygen atoms in total. The number of hydrogen-bond donors (Lipinski definition) is 0. The third-order valence-electron chi connectivity index (χ3n) is 5.09. The maximum Gasteiger partial charge on any atom is 0.226 e. The number of piperidine rings is 1. The van der Waals surface area contributed by atoms with Crippen LogP contribution in [-0.4, -0.2) is 47.0 Å². The van der Waals surface area contributed by atoms with Gasteiger partial charge in [0.15, 0.2) is 0 Å². The molecule has 0 aromatic carbocycles. The van der Waals surface area contributed by atoms with Crippen LogP contribution < -0.4 is 4.90 Å². The Morgan fingerprint density at radius 2 is 2.00 bits per heavy atom. The van der Waals surface area contributed by atoms with Gasteiger partial charge in [0.2, 0.25) is 5.91 Å². The van der Waals surface area contributed by atoms with Crippen LogP contribution in [-0.2, 0) is 4.79 Å². The zero-order chi connectivity index (χ0) is 16.2. The summed E-state index contributed by atoms with van der Waals surface area (Å²) in [5.41, 5.74) is 0.986. The molecule has 1 aliphatic carbocycles. The van der Waals surface area contributed by atoms with Crippen molar-refractivity contribution in [2.45, 2.75) is 45.1 Å². The van der Waals surface area contributed by atoms with Gasteiger partial charge in [-0.2, -0.15) is 0 Å². The Labute approximate surface area is 138 Å². The number of amides is 1. The Balaban J connectivity index is 1.55. The van der Waals surface area contributed by atoms with Crippen molar-refractivity contribution in [3.05, 3.63) is 30.2 Å². The van der Waals surface area contributed by atoms with Crippen LogP contribution in [0.5, 0.6) is 0 Å². The van der Waals surface area contributed by atoms with Gasteiger partial charge in [-0.15, -0.1) is 0 Å². The number of likely N-dealkylation sites (tertiary alicyclic amines) is 1. The monoisotopic (exact) mass is 314 g/mol. The van der Waals surface area contributed by atoms with Gasteiger partial charge in [0.1, 0.15) is 12.1 Å². The van der Waals surface area contributed by atoms with Crippen molar-refractivity contribution >= 4 is 11.7 Å². The third-order valence-corrected chi connectivity index (χ3v) is 5.09. The molecule has 1 fully saturated rings. The van der Waals surface area contributed by atoms with Crippen molar-refractivity contribution in [2.75, 3.05) is 25.0 Å². The summed E-state index contributed by atoms with van der Waals surface area (Å²) in [4.78, 5) is 25.4. The first kappa shape index (κ1) is 16.0. The number of rotatable bonds is 3. The van der Waals surface area contributed by atoms with Crippen LogP contribution in [0.3, 0.4) is 0 Å². The molecule has 2 aliphatic rings. The summed E-state index contributed by atoms with van der Waals surface area (Å²) < 4.78 is 0. The maximum absolute atomic E-state index is 12.6. The predicted molar refractivity (Wildman–Crippen MR) is 91.3 cm³/mol. The molecule has 1 atom stereocenters. The van der Waals surface area contributed by atoms with Crippen LogP contribution in [0.15, 0.2) is 24.5 Å². The van der Waals surface area contributed by atoms with Gasteiger partial charge in [-0.3, -0.25) is 4.79 Å². The van der Waals surface area contributed by atoms with Crippen LogP contribution in [0.4, 0.5) is 5.82 Å². The van der Waals surface area contributed by atoms with E-state index in [0.29, 0.717) is 11.9 Å². The smallest absolute Gasteiger partial charge is 0.226 e. The molecule has 2 heterocycles. The second kappa shape index (κ2) is 7.11. The lowest BCUT2D eigenvalue weighted by molar-refractivity contribution is -0.136. The zero-order valence-corrected chi connectivity index (χ0v) is 14.1. The average molecular weight is 314 g/mol. The van der Waals surface area contributed by atoms with Gasteiger partial charge in [-0.25, -0.2) is 9.97 Å². The SMILES string of the molecule is Cc1cc(N(C)C2CCN(C(=O)C3CC=CCC3)CC2)ncn1. The number of aromatic nitrogens is 2. The number of anilines is 1. The summed E-state index contributed by atoms with van der Waals surface area (Å²) in [7, 11) is 2.09. The van der Waals surface area contributed by atoms with E-state index in [9.17, 15) is 4.79 Å². The largest absolute Gasteiger partial charge is 0.356 e. The molecule has 23 heavy (non-hydrogen) atoms. The van der Waals surface area contributed by atoms with Gasteiger partial charge in [0, 0.05) is 43.9 Å². The van der Waals surface area contributed by atoms with Crippen molar-refractivity contribution < 1.29 is 4.79 Å². The third kappa shape index (κ3) is 3.71. The molecule has 124 valence electrons. The van der Waals surface area contributed by atoms with Crippen molar-refractivity contribution in [3.63, 3.8) is 0 Å². The number of nitrogens with zero attached hydrogens (tertiary/aromatic N) is 4. The fourth-order valence-electron chi connectivity index (χ4n) is 3.57. The normalized spacial score (nSPS) is 22.2. The Bertz CT molecular complexity index is 578. The lowest BCUT2D eigenvalue weighted by atomic mass is 9.92. The average Bonchev–Trinajstić information content (AvgIpc) is 2.61. The van der Waals surface area contributed by atoms with Crippen LogP contribution in [0.2, 0.25) is 0 Å².